The molecule has 0 heterocycles. The molecular weight excluding hydrogens is 423 g/mol. The van der Waals surface area contributed by atoms with Crippen molar-refractivity contribution in [3.8, 4) is 0 Å². The fourth-order valence-electron chi connectivity index (χ4n) is 2.95. The lowest BCUT2D eigenvalue weighted by molar-refractivity contribution is -0.138. The minimum Gasteiger partial charge on any atom is -0.462 e. The minimum absolute atomic E-state index is 0.213. The Morgan fingerprint density at radius 2 is 1.62 bits per heavy atom. The fraction of sp³-hybridized carbons (Fsp3) is 0.387. The van der Waals surface area contributed by atoms with Crippen LogP contribution in [-0.2, 0) is 9.53 Å². The molecule has 0 saturated heterocycles. The first kappa shape index (κ1) is 31.1. The van der Waals surface area contributed by atoms with Crippen LogP contribution >= 0.6 is 0 Å². The van der Waals surface area contributed by atoms with E-state index >= 15 is 0 Å². The van der Waals surface area contributed by atoms with Gasteiger partial charge in [0.15, 0.2) is 0 Å². The van der Waals surface area contributed by atoms with Crippen LogP contribution in [0.5, 0.6) is 0 Å². The lowest BCUT2D eigenvalue weighted by Crippen LogP contribution is -2.07. The summed E-state index contributed by atoms with van der Waals surface area (Å²) in [6.07, 6.45) is 11.8. The highest BCUT2D eigenvalue weighted by Crippen LogP contribution is 2.34. The molecule has 0 aromatic rings. The molecule has 1 aliphatic rings. The van der Waals surface area contributed by atoms with E-state index in [4.69, 9.17) is 4.74 Å². The predicted molar refractivity (Wildman–Crippen MR) is 146 cm³/mol. The molecule has 0 unspecified atom stereocenters. The van der Waals surface area contributed by atoms with Crippen LogP contribution < -0.4 is 0 Å². The lowest BCUT2D eigenvalue weighted by atomic mass is 9.88. The molecule has 0 spiro atoms. The van der Waals surface area contributed by atoms with Gasteiger partial charge >= 0.3 is 5.97 Å². The van der Waals surface area contributed by atoms with E-state index in [1.807, 2.05) is 32.1 Å². The normalized spacial score (nSPS) is 13.6. The molecule has 186 valence electrons. The zero-order valence-corrected chi connectivity index (χ0v) is 22.0. The minimum atomic E-state index is -0.421. The average Bonchev–Trinajstić information content (AvgIpc) is 2.80. The summed E-state index contributed by atoms with van der Waals surface area (Å²) in [6.45, 7) is 29.8. The number of ether oxygens (including phenoxy) is 1. The van der Waals surface area contributed by atoms with E-state index in [1.54, 1.807) is 13.0 Å². The zero-order chi connectivity index (χ0) is 26.3. The largest absolute Gasteiger partial charge is 0.462 e. The van der Waals surface area contributed by atoms with Crippen molar-refractivity contribution in [2.45, 2.75) is 73.1 Å². The molecule has 0 aromatic carbocycles. The summed E-state index contributed by atoms with van der Waals surface area (Å²) < 4.78 is 20.1. The third kappa shape index (κ3) is 11.3. The third-order valence-electron chi connectivity index (χ3n) is 5.19. The van der Waals surface area contributed by atoms with E-state index in [0.717, 1.165) is 40.7 Å². The summed E-state index contributed by atoms with van der Waals surface area (Å²) in [7, 11) is 0. The second-order valence-corrected chi connectivity index (χ2v) is 8.39. The zero-order valence-electron chi connectivity index (χ0n) is 22.0. The van der Waals surface area contributed by atoms with Gasteiger partial charge < -0.3 is 4.74 Å². The van der Waals surface area contributed by atoms with Crippen molar-refractivity contribution < 1.29 is 13.9 Å². The van der Waals surface area contributed by atoms with Crippen LogP contribution in [0.25, 0.3) is 0 Å². The first-order chi connectivity index (χ1) is 16.0. The van der Waals surface area contributed by atoms with Gasteiger partial charge in [-0.05, 0) is 66.5 Å². The Kier molecular flexibility index (Phi) is 15.2. The van der Waals surface area contributed by atoms with Crippen molar-refractivity contribution in [2.24, 2.45) is 0 Å². The Morgan fingerprint density at radius 3 is 2.12 bits per heavy atom. The van der Waals surface area contributed by atoms with Gasteiger partial charge in [0.25, 0.3) is 0 Å². The SMILES string of the molecule is C=C(/C=C\C(=C)C1=CC(F)=C(C(=C)/C=C(/CCOC(=O)C(=C)C)C(=C)CC)CC1)CC.CCC. The van der Waals surface area contributed by atoms with Crippen LogP contribution in [0.1, 0.15) is 73.1 Å². The summed E-state index contributed by atoms with van der Waals surface area (Å²) in [6, 6.07) is 0. The van der Waals surface area contributed by atoms with E-state index in [-0.39, 0.29) is 12.4 Å². The van der Waals surface area contributed by atoms with Gasteiger partial charge in [-0.3, -0.25) is 0 Å². The van der Waals surface area contributed by atoms with E-state index in [2.05, 4.69) is 46.7 Å². The molecule has 0 aromatic heterocycles. The van der Waals surface area contributed by atoms with E-state index in [1.165, 1.54) is 6.42 Å². The highest BCUT2D eigenvalue weighted by Gasteiger charge is 2.17. The molecule has 0 N–H and O–H groups in total. The van der Waals surface area contributed by atoms with Crippen LogP contribution in [0.2, 0.25) is 0 Å². The first-order valence-electron chi connectivity index (χ1n) is 12.1. The van der Waals surface area contributed by atoms with Gasteiger partial charge in [-0.1, -0.05) is 96.4 Å². The van der Waals surface area contributed by atoms with E-state index in [0.29, 0.717) is 36.0 Å². The number of hydrogen-bond donors (Lipinski definition) is 0. The predicted octanol–water partition coefficient (Wildman–Crippen LogP) is 9.38. The maximum absolute atomic E-state index is 14.9. The standard InChI is InChI=1S/C28H35FO2.C3H8/c1-9-20(5)11-12-22(7)24-13-14-26(27(29)18-24)23(8)17-25(21(6)10-2)15-16-31-28(30)19(3)4;1-3-2/h11-12,17-18H,3,5-10,13-16H2,1-2,4H3;3H2,1-2H3/b12-11-,25-17-;. The molecular formula is C31H43FO2. The summed E-state index contributed by atoms with van der Waals surface area (Å²) in [5.41, 5.74) is 6.05. The van der Waals surface area contributed by atoms with Gasteiger partial charge in [0, 0.05) is 12.0 Å². The summed E-state index contributed by atoms with van der Waals surface area (Å²) >= 11 is 0. The summed E-state index contributed by atoms with van der Waals surface area (Å²) in [4.78, 5) is 11.6. The topological polar surface area (TPSA) is 26.3 Å². The second kappa shape index (κ2) is 16.6. The lowest BCUT2D eigenvalue weighted by Gasteiger charge is -2.18. The molecule has 0 radical (unpaired) electrons. The maximum atomic E-state index is 14.9. The van der Waals surface area contributed by atoms with Gasteiger partial charge in [0.1, 0.15) is 5.83 Å². The Labute approximate surface area is 207 Å². The molecule has 0 saturated carbocycles. The molecule has 1 aliphatic carbocycles. The molecule has 0 aliphatic heterocycles. The van der Waals surface area contributed by atoms with Crippen molar-refractivity contribution in [1.29, 1.82) is 0 Å². The molecule has 1 rings (SSSR count). The number of carbonyl (C=O) groups is 1. The summed E-state index contributed by atoms with van der Waals surface area (Å²) in [5.74, 6) is -0.711. The second-order valence-electron chi connectivity index (χ2n) is 8.39. The Balaban J connectivity index is 0.00000343. The van der Waals surface area contributed by atoms with E-state index in [9.17, 15) is 9.18 Å². The van der Waals surface area contributed by atoms with Crippen molar-refractivity contribution >= 4 is 5.97 Å². The highest BCUT2D eigenvalue weighted by atomic mass is 19.1. The molecule has 2 nitrogen and oxygen atoms in total. The quantitative estimate of drug-likeness (QED) is 0.163. The molecule has 3 heteroatoms. The van der Waals surface area contributed by atoms with Crippen molar-refractivity contribution in [2.75, 3.05) is 6.61 Å². The summed E-state index contributed by atoms with van der Waals surface area (Å²) in [5, 5.41) is 0. The molecule has 34 heavy (non-hydrogen) atoms. The molecule has 0 fully saturated rings. The van der Waals surface area contributed by atoms with E-state index < -0.39 is 5.97 Å². The van der Waals surface area contributed by atoms with Crippen LogP contribution in [0, 0.1) is 0 Å². The Morgan fingerprint density at radius 1 is 1.00 bits per heavy atom. The molecule has 0 amide bonds. The van der Waals surface area contributed by atoms with Gasteiger partial charge in [-0.15, -0.1) is 0 Å². The van der Waals surface area contributed by atoms with Gasteiger partial charge in [0.05, 0.1) is 6.61 Å². The fourth-order valence-corrected chi connectivity index (χ4v) is 2.95. The van der Waals surface area contributed by atoms with Crippen molar-refractivity contribution in [1.82, 2.24) is 0 Å². The van der Waals surface area contributed by atoms with Crippen LogP contribution in [0.4, 0.5) is 4.39 Å². The van der Waals surface area contributed by atoms with Gasteiger partial charge in [-0.25, -0.2) is 9.18 Å². The number of esters is 1. The number of rotatable bonds is 12. The number of hydrogen-bond acceptors (Lipinski definition) is 2. The highest BCUT2D eigenvalue weighted by molar-refractivity contribution is 5.86. The number of halogens is 1. The smallest absolute Gasteiger partial charge is 0.333 e. The Hall–Kier alpha value is -2.94. The average molecular weight is 467 g/mol. The first-order valence-corrected chi connectivity index (χ1v) is 12.1. The maximum Gasteiger partial charge on any atom is 0.333 e. The molecule has 0 bridgehead atoms. The third-order valence-corrected chi connectivity index (χ3v) is 5.19. The Bertz CT molecular complexity index is 919. The van der Waals surface area contributed by atoms with Crippen LogP contribution in [0.15, 0.2) is 108 Å². The van der Waals surface area contributed by atoms with Gasteiger partial charge in [-0.2, -0.15) is 0 Å². The van der Waals surface area contributed by atoms with Crippen LogP contribution in [-0.4, -0.2) is 12.6 Å². The van der Waals surface area contributed by atoms with Gasteiger partial charge in [0.2, 0.25) is 0 Å². The van der Waals surface area contributed by atoms with Crippen LogP contribution in [0.3, 0.4) is 0 Å². The van der Waals surface area contributed by atoms with Crippen molar-refractivity contribution in [3.63, 3.8) is 0 Å². The number of allylic oxidation sites excluding steroid dienone is 11. The monoisotopic (exact) mass is 466 g/mol. The molecule has 0 atom stereocenters. The number of carbonyl (C=O) groups excluding carboxylic acids is 1. The van der Waals surface area contributed by atoms with Crippen molar-refractivity contribution in [3.05, 3.63) is 108 Å².